The van der Waals surface area contributed by atoms with E-state index in [0.29, 0.717) is 18.4 Å². The molecule has 2 aliphatic rings. The molecule has 2 aromatic rings. The summed E-state index contributed by atoms with van der Waals surface area (Å²) in [5.74, 6) is -17.9. The van der Waals surface area contributed by atoms with Gasteiger partial charge in [0.1, 0.15) is 90.0 Å². The average molecular weight is 2000 g/mol. The zero-order valence-electron chi connectivity index (χ0n) is 77.6. The van der Waals surface area contributed by atoms with Gasteiger partial charge in [0.05, 0.1) is 6.04 Å². The predicted molar refractivity (Wildman–Crippen MR) is 516 cm³/mol. The predicted octanol–water partition coefficient (Wildman–Crippen LogP) is -9.44. The number of nitrogens with zero attached hydrogens (tertiary/aromatic N) is 1. The van der Waals surface area contributed by atoms with E-state index in [2.05, 4.69) is 101 Å². The summed E-state index contributed by atoms with van der Waals surface area (Å²) >= 11 is 0. The van der Waals surface area contributed by atoms with Crippen LogP contribution >= 0.6 is 21.6 Å². The first-order valence-electron chi connectivity index (χ1n) is 45.7. The van der Waals surface area contributed by atoms with E-state index in [1.165, 1.54) is 53.4 Å². The topological polar surface area (TPSA) is 944 Å². The van der Waals surface area contributed by atoms with Crippen LogP contribution in [0.5, 0.6) is 11.5 Å². The summed E-state index contributed by atoms with van der Waals surface area (Å²) in [6, 6.07) is -14.7. The number of rotatable bonds is 49. The summed E-state index contributed by atoms with van der Waals surface area (Å²) in [7, 11) is 1.44. The number of hydrogen-bond donors (Lipinski definition) is 36. The highest BCUT2D eigenvalue weighted by molar-refractivity contribution is 8.76. The summed E-state index contributed by atoms with van der Waals surface area (Å²) < 4.78 is 0. The molecule has 47 N–H and O–H groups in total. The zero-order chi connectivity index (χ0) is 103. The van der Waals surface area contributed by atoms with Gasteiger partial charge in [-0.3, -0.25) is 88.8 Å². The number of unbranched alkanes of at least 4 members (excludes halogenated alkanes) is 2. The van der Waals surface area contributed by atoms with Crippen molar-refractivity contribution in [2.24, 2.45) is 63.1 Å². The minimum Gasteiger partial charge on any atom is -0.508 e. The highest BCUT2D eigenvalue weighted by atomic mass is 33.1. The molecule has 4 rings (SSSR count). The Morgan fingerprint density at radius 2 is 0.734 bits per heavy atom. The van der Waals surface area contributed by atoms with Gasteiger partial charge >= 0.3 is 18.1 Å². The van der Waals surface area contributed by atoms with Crippen LogP contribution in [0, 0.1) is 21.6 Å². The van der Waals surface area contributed by atoms with Gasteiger partial charge in [-0.2, -0.15) is 0 Å². The Balaban J connectivity index is 2.14. The number of aromatic hydroxyl groups is 2. The maximum Gasteiger partial charge on any atom is 0.312 e. The van der Waals surface area contributed by atoms with Crippen molar-refractivity contribution in [3.63, 3.8) is 0 Å². The van der Waals surface area contributed by atoms with E-state index in [9.17, 15) is 39.0 Å². The van der Waals surface area contributed by atoms with E-state index < -0.39 is 234 Å². The van der Waals surface area contributed by atoms with Crippen molar-refractivity contribution in [3.8, 4) is 11.5 Å². The lowest BCUT2D eigenvalue weighted by atomic mass is 10.0. The molecule has 0 spiro atoms. The number of benzene rings is 2. The Hall–Kier alpha value is -13.9. The zero-order valence-corrected chi connectivity index (χ0v) is 79.2. The molecule has 20 amide bonds. The van der Waals surface area contributed by atoms with Gasteiger partial charge in [-0.05, 0) is 190 Å². The van der Waals surface area contributed by atoms with Crippen LogP contribution in [0.3, 0.4) is 0 Å². The average Bonchev–Trinajstić information content (AvgIpc) is 1.64. The van der Waals surface area contributed by atoms with E-state index in [-0.39, 0.29) is 211 Å². The van der Waals surface area contributed by atoms with Crippen LogP contribution in [-0.4, -0.2) is 301 Å². The van der Waals surface area contributed by atoms with Crippen LogP contribution in [0.25, 0.3) is 0 Å². The van der Waals surface area contributed by atoms with Crippen molar-refractivity contribution in [2.45, 2.75) is 239 Å². The number of nitrogens with one attached hydrogen (secondary N) is 23. The number of urea groups is 3. The monoisotopic (exact) mass is 2000 g/mol. The fraction of sp³-hybridized carbons (Fsp3) is 0.602. The van der Waals surface area contributed by atoms with Gasteiger partial charge < -0.3 is 179 Å². The number of fused-ring (bicyclic) bond motifs is 1. The van der Waals surface area contributed by atoms with Gasteiger partial charge in [-0.15, -0.1) is 0 Å². The Morgan fingerprint density at radius 1 is 0.388 bits per heavy atom. The molecule has 0 unspecified atom stereocenters. The lowest BCUT2D eigenvalue weighted by Gasteiger charge is -2.31. The Morgan fingerprint density at radius 3 is 1.16 bits per heavy atom. The lowest BCUT2D eigenvalue weighted by Crippen LogP contribution is -2.61. The minimum atomic E-state index is -1.91. The number of carbonyl (C=O) groups is 17. The number of carbonyl (C=O) groups excluding carboxylic acids is 17. The summed E-state index contributed by atoms with van der Waals surface area (Å²) in [5, 5.41) is 101. The number of phenolic OH excluding ortho intramolecular Hbond substituents is 2. The second-order valence-corrected chi connectivity index (χ2v) is 35.6. The van der Waals surface area contributed by atoms with Crippen molar-refractivity contribution in [1.82, 2.24) is 106 Å². The largest absolute Gasteiger partial charge is 0.508 e. The van der Waals surface area contributed by atoms with E-state index in [1.54, 1.807) is 0 Å². The minimum absolute atomic E-state index is 0.00130. The molecule has 0 aliphatic carbocycles. The van der Waals surface area contributed by atoms with Crippen molar-refractivity contribution in [2.75, 3.05) is 77.0 Å². The van der Waals surface area contributed by atoms with Gasteiger partial charge in [-0.1, -0.05) is 45.9 Å². The third kappa shape index (κ3) is 47.1. The standard InChI is InChI=1S/C83H141N35O19S2/c84-31-3-1-14-51-68(126)113-57(15-2-4-32-85)76(134)118-40-12-22-62(118)75(133)115-59(42-46-25-29-48(120)30-26-46)72(130)112-54(20-10-38-104-82(97)136)67(125)110-56(21-11-39-105-83(98)137)70(128)116-60(73(131)106-50(63(87)121)16-6-33-99-77(88)89)43-138-139-44-61(74(132)114-58(41-45-23-27-47(119)28-24-45)71(129)111-53(66(124)108-51)18-8-35-101-79(92)93)117-69(127)55(19-9-36-102-80(94)95)109-65(123)52(17-7-34-100-78(90)91)107-64(122)49(86)13-5-37-103-81(96)135/h23-30,49-62,119-120H,1-22,31-44,84-86H2,(H2,87,121)(H,106,131)(H,107,122)(H,108,124)(H,109,123)(H,110,125)(H,111,129)(H,112,130)(H,113,126)(H,114,132)(H,115,133)(H,116,128)(H,117,127)(H4,88,89,99)(H4,90,91,100)(H4,92,93,101)(H4,94,95,102)(H3,96,103,135)(H3,97,104,136)(H3,98,105,137)/t49-,50-,51-,52-,53-,54-,55-,56-,57+,58-,59-,60-,61-,62-/m0/s1. The highest BCUT2D eigenvalue weighted by Crippen LogP contribution is 2.26. The molecule has 2 saturated heterocycles. The maximum absolute atomic E-state index is 15.8. The third-order valence-corrected chi connectivity index (χ3v) is 24.3. The number of amides is 20. The van der Waals surface area contributed by atoms with Crippen LogP contribution in [-0.2, 0) is 80.0 Å². The van der Waals surface area contributed by atoms with Gasteiger partial charge in [0.15, 0.2) is 23.8 Å². The number of hydrogen-bond acceptors (Lipinski definition) is 28. The van der Waals surface area contributed by atoms with Crippen molar-refractivity contribution < 1.29 is 91.7 Å². The van der Waals surface area contributed by atoms with E-state index >= 15 is 52.7 Å². The first-order chi connectivity index (χ1) is 66.1. The van der Waals surface area contributed by atoms with Crippen LogP contribution < -0.4 is 164 Å². The van der Waals surface area contributed by atoms with E-state index in [4.69, 9.17) is 84.7 Å². The lowest BCUT2D eigenvalue weighted by molar-refractivity contribution is -0.142. The van der Waals surface area contributed by atoms with E-state index in [0.717, 1.165) is 21.6 Å². The Bertz CT molecular complexity index is 4440. The molecule has 2 fully saturated rings. The fourth-order valence-corrected chi connectivity index (χ4v) is 16.8. The van der Waals surface area contributed by atoms with Gasteiger partial charge in [0, 0.05) is 76.7 Å². The number of guanidine groups is 4. The van der Waals surface area contributed by atoms with Crippen LogP contribution in [0.2, 0.25) is 0 Å². The molecule has 0 aromatic heterocycles. The molecule has 14 atom stereocenters. The van der Waals surface area contributed by atoms with Gasteiger partial charge in [0.2, 0.25) is 82.7 Å². The molecular weight excluding hydrogens is 1860 g/mol. The van der Waals surface area contributed by atoms with Crippen LogP contribution in [0.15, 0.2) is 48.5 Å². The van der Waals surface area contributed by atoms with Crippen LogP contribution in [0.4, 0.5) is 14.4 Å². The van der Waals surface area contributed by atoms with Crippen molar-refractivity contribution in [1.29, 1.82) is 21.6 Å². The molecular formula is C83H141N35O19S2. The molecule has 56 heteroatoms. The third-order valence-electron chi connectivity index (χ3n) is 21.8. The number of nitrogens with two attached hydrogens (primary N) is 11. The normalized spacial score (nSPS) is 20.4. The summed E-state index contributed by atoms with van der Waals surface area (Å²) in [6.07, 6.45) is -1.76. The Labute approximate surface area is 811 Å². The van der Waals surface area contributed by atoms with Gasteiger partial charge in [-0.25, -0.2) is 14.4 Å². The molecule has 774 valence electrons. The first kappa shape index (κ1) is 117. The summed E-state index contributed by atoms with van der Waals surface area (Å²) in [4.78, 5) is 247. The molecule has 0 radical (unpaired) electrons. The molecule has 0 saturated carbocycles. The van der Waals surface area contributed by atoms with Gasteiger partial charge in [0.25, 0.3) is 0 Å². The van der Waals surface area contributed by atoms with E-state index in [1.807, 2.05) is 0 Å². The second kappa shape index (κ2) is 64.2. The molecule has 2 aromatic carbocycles. The van der Waals surface area contributed by atoms with Crippen molar-refractivity contribution in [3.05, 3.63) is 59.7 Å². The fourth-order valence-electron chi connectivity index (χ4n) is 14.5. The second-order valence-electron chi connectivity index (χ2n) is 33.0. The number of phenols is 2. The maximum atomic E-state index is 15.8. The molecule has 54 nitrogen and oxygen atoms in total. The summed E-state index contributed by atoms with van der Waals surface area (Å²) in [5.41, 5.74) is 63.1. The first-order valence-corrected chi connectivity index (χ1v) is 48.2. The molecule has 2 aliphatic heterocycles. The Kier molecular flexibility index (Phi) is 54.2. The highest BCUT2D eigenvalue weighted by Gasteiger charge is 2.42. The summed E-state index contributed by atoms with van der Waals surface area (Å²) in [6.45, 7) is -0.430. The smallest absolute Gasteiger partial charge is 0.312 e. The van der Waals surface area contributed by atoms with Crippen LogP contribution in [0.1, 0.15) is 152 Å². The molecule has 139 heavy (non-hydrogen) atoms. The quantitative estimate of drug-likeness (QED) is 0.0127. The molecule has 0 bridgehead atoms. The SMILES string of the molecule is N=C(N)NCCC[C@H](NC(=O)[C@@H]1CSSC[C@H](NC(=O)[C@H](CCCNC(=N)N)NC(=O)[C@H](CCCNC(=N)N)NC(=O)[C@@H](N)CCCNC(N)=O)C(=O)N[C@@H](Cc2ccc(O)cc2)C(=O)N[C@@H](CCCNC(=N)N)C(=O)N[C@@H](CCCCN)C(=O)N[C@H](CCCCN)C(=O)N2CCC[C@H]2C(=O)N[C@@H](Cc2ccc(O)cc2)C(=O)N[C@@H](CCCNC(N)=O)C(=O)N[C@@H](CCCNC(N)=O)C(=O)N1)C(N)=O. The molecule has 2 heterocycles. The van der Waals surface area contributed by atoms with Crippen molar-refractivity contribution >= 4 is 146 Å². The number of primary amides is 4.